The Bertz CT molecular complexity index is 1080. The molecule has 0 aliphatic heterocycles. The van der Waals surface area contributed by atoms with Crippen LogP contribution in [0.2, 0.25) is 0 Å². The van der Waals surface area contributed by atoms with Crippen LogP contribution in [0.4, 0.5) is 0 Å². The minimum atomic E-state index is -0.220. The van der Waals surface area contributed by atoms with Crippen LogP contribution in [-0.4, -0.2) is 36.1 Å². The number of nitrogens with zero attached hydrogens (tertiary/aromatic N) is 1. The minimum Gasteiger partial charge on any atom is -0.493 e. The number of furan rings is 1. The van der Waals surface area contributed by atoms with E-state index in [2.05, 4.69) is 4.98 Å². The van der Waals surface area contributed by atoms with Gasteiger partial charge in [-0.3, -0.25) is 9.59 Å². The number of pyridine rings is 1. The molecule has 1 saturated carbocycles. The zero-order valence-corrected chi connectivity index (χ0v) is 17.3. The van der Waals surface area contributed by atoms with Crippen LogP contribution in [0.3, 0.4) is 0 Å². The zero-order valence-electron chi connectivity index (χ0n) is 17.3. The summed E-state index contributed by atoms with van der Waals surface area (Å²) in [6.07, 6.45) is 6.70. The van der Waals surface area contributed by atoms with Gasteiger partial charge in [-0.1, -0.05) is 19.3 Å². The SMILES string of the molecule is COc1cc2cc(CN(C(=O)c3ccco3)C3CCCCC3)c(=O)[nH]c2cc1OC. The normalized spacial score (nSPS) is 14.6. The van der Waals surface area contributed by atoms with Gasteiger partial charge in [0.1, 0.15) is 0 Å². The van der Waals surface area contributed by atoms with Crippen LogP contribution in [0.1, 0.15) is 48.2 Å². The third-order valence-corrected chi connectivity index (χ3v) is 5.77. The maximum atomic E-state index is 13.2. The van der Waals surface area contributed by atoms with Crippen molar-refractivity contribution in [2.24, 2.45) is 0 Å². The van der Waals surface area contributed by atoms with Crippen LogP contribution in [0.15, 0.2) is 45.8 Å². The van der Waals surface area contributed by atoms with Crippen LogP contribution in [-0.2, 0) is 6.54 Å². The van der Waals surface area contributed by atoms with Crippen LogP contribution in [0, 0.1) is 0 Å². The van der Waals surface area contributed by atoms with Crippen molar-refractivity contribution < 1.29 is 18.7 Å². The molecule has 158 valence electrons. The number of hydrogen-bond donors (Lipinski definition) is 1. The molecule has 7 nitrogen and oxygen atoms in total. The average Bonchev–Trinajstić information content (AvgIpc) is 3.32. The van der Waals surface area contributed by atoms with Crippen molar-refractivity contribution >= 4 is 16.8 Å². The smallest absolute Gasteiger partial charge is 0.290 e. The number of ether oxygens (including phenoxy) is 2. The molecule has 0 saturated heterocycles. The maximum absolute atomic E-state index is 13.2. The summed E-state index contributed by atoms with van der Waals surface area (Å²) in [6, 6.07) is 8.85. The number of fused-ring (bicyclic) bond motifs is 1. The van der Waals surface area contributed by atoms with Gasteiger partial charge < -0.3 is 23.8 Å². The number of carbonyl (C=O) groups is 1. The van der Waals surface area contributed by atoms with Gasteiger partial charge >= 0.3 is 0 Å². The van der Waals surface area contributed by atoms with Gasteiger partial charge in [0.25, 0.3) is 11.5 Å². The van der Waals surface area contributed by atoms with Crippen molar-refractivity contribution in [1.82, 2.24) is 9.88 Å². The Morgan fingerprint density at radius 1 is 1.13 bits per heavy atom. The molecular weight excluding hydrogens is 384 g/mol. The molecule has 0 bridgehead atoms. The van der Waals surface area contributed by atoms with E-state index in [4.69, 9.17) is 13.9 Å². The summed E-state index contributed by atoms with van der Waals surface area (Å²) in [5, 5.41) is 0.816. The molecule has 2 aromatic heterocycles. The summed E-state index contributed by atoms with van der Waals surface area (Å²) in [6.45, 7) is 0.226. The third kappa shape index (κ3) is 3.92. The molecule has 1 fully saturated rings. The fourth-order valence-electron chi connectivity index (χ4n) is 4.18. The lowest BCUT2D eigenvalue weighted by atomic mass is 9.93. The number of H-pyrrole nitrogens is 1. The Kier molecular flexibility index (Phi) is 5.79. The van der Waals surface area contributed by atoms with Crippen LogP contribution >= 0.6 is 0 Å². The van der Waals surface area contributed by atoms with E-state index in [9.17, 15) is 9.59 Å². The summed E-state index contributed by atoms with van der Waals surface area (Å²) in [4.78, 5) is 30.7. The quantitative estimate of drug-likeness (QED) is 0.661. The van der Waals surface area contributed by atoms with E-state index >= 15 is 0 Å². The Hall–Kier alpha value is -3.22. The van der Waals surface area contributed by atoms with Gasteiger partial charge in [0.15, 0.2) is 17.3 Å². The first-order chi connectivity index (χ1) is 14.6. The predicted octanol–water partition coefficient (Wildman–Crippen LogP) is 4.11. The van der Waals surface area contributed by atoms with Gasteiger partial charge in [-0.2, -0.15) is 0 Å². The standard InChI is InChI=1S/C23H26N2O5/c1-28-20-12-15-11-16(22(26)24-18(15)13-21(20)29-2)14-25(17-7-4-3-5-8-17)23(27)19-9-6-10-30-19/h6,9-13,17H,3-5,7-8,14H2,1-2H3,(H,24,26). The first-order valence-electron chi connectivity index (χ1n) is 10.2. The van der Waals surface area contributed by atoms with Gasteiger partial charge in [0.05, 0.1) is 32.5 Å². The second-order valence-corrected chi connectivity index (χ2v) is 7.62. The van der Waals surface area contributed by atoms with Crippen molar-refractivity contribution in [3.05, 3.63) is 58.3 Å². The number of aromatic nitrogens is 1. The highest BCUT2D eigenvalue weighted by Crippen LogP contribution is 2.31. The number of rotatable bonds is 6. The highest BCUT2D eigenvalue weighted by molar-refractivity contribution is 5.91. The van der Waals surface area contributed by atoms with E-state index in [-0.39, 0.29) is 24.1 Å². The lowest BCUT2D eigenvalue weighted by Crippen LogP contribution is -2.42. The van der Waals surface area contributed by atoms with E-state index in [1.165, 1.54) is 12.7 Å². The number of nitrogens with one attached hydrogen (secondary N) is 1. The Morgan fingerprint density at radius 3 is 2.53 bits per heavy atom. The predicted molar refractivity (Wildman–Crippen MR) is 113 cm³/mol. The van der Waals surface area contributed by atoms with Gasteiger partial charge in [-0.15, -0.1) is 0 Å². The first kappa shape index (κ1) is 20.1. The second kappa shape index (κ2) is 8.65. The average molecular weight is 410 g/mol. The molecule has 1 amide bonds. The van der Waals surface area contributed by atoms with Gasteiger partial charge in [0, 0.05) is 23.1 Å². The lowest BCUT2D eigenvalue weighted by Gasteiger charge is -2.33. The Morgan fingerprint density at radius 2 is 1.87 bits per heavy atom. The molecule has 4 rings (SSSR count). The van der Waals surface area contributed by atoms with Crippen LogP contribution < -0.4 is 15.0 Å². The lowest BCUT2D eigenvalue weighted by molar-refractivity contribution is 0.0581. The van der Waals surface area contributed by atoms with E-state index in [1.54, 1.807) is 37.3 Å². The molecule has 0 atom stereocenters. The number of methoxy groups -OCH3 is 2. The summed E-state index contributed by atoms with van der Waals surface area (Å²) in [5.41, 5.74) is 0.964. The molecule has 1 N–H and O–H groups in total. The summed E-state index contributed by atoms with van der Waals surface area (Å²) < 4.78 is 16.1. The molecule has 1 aliphatic carbocycles. The second-order valence-electron chi connectivity index (χ2n) is 7.62. The molecule has 1 aliphatic rings. The van der Waals surface area contributed by atoms with Crippen LogP contribution in [0.25, 0.3) is 10.9 Å². The molecule has 1 aromatic carbocycles. The van der Waals surface area contributed by atoms with Crippen molar-refractivity contribution in [2.45, 2.75) is 44.7 Å². The third-order valence-electron chi connectivity index (χ3n) is 5.77. The van der Waals surface area contributed by atoms with E-state index in [0.717, 1.165) is 31.1 Å². The van der Waals surface area contributed by atoms with Crippen molar-refractivity contribution in [1.29, 1.82) is 0 Å². The molecular formula is C23H26N2O5. The summed E-state index contributed by atoms with van der Waals surface area (Å²) in [5.74, 6) is 1.24. The van der Waals surface area contributed by atoms with E-state index < -0.39 is 0 Å². The number of benzene rings is 1. The highest BCUT2D eigenvalue weighted by Gasteiger charge is 2.28. The maximum Gasteiger partial charge on any atom is 0.290 e. The molecule has 7 heteroatoms. The van der Waals surface area contributed by atoms with Gasteiger partial charge in [0.2, 0.25) is 0 Å². The number of hydrogen-bond acceptors (Lipinski definition) is 5. The molecule has 3 aromatic rings. The molecule has 0 unspecified atom stereocenters. The fraction of sp³-hybridized carbons (Fsp3) is 0.391. The van der Waals surface area contributed by atoms with Gasteiger partial charge in [-0.05, 0) is 37.1 Å². The minimum absolute atomic E-state index is 0.0943. The first-order valence-corrected chi connectivity index (χ1v) is 10.2. The molecule has 0 spiro atoms. The number of carbonyl (C=O) groups excluding carboxylic acids is 1. The fourth-order valence-corrected chi connectivity index (χ4v) is 4.18. The van der Waals surface area contributed by atoms with Crippen molar-refractivity contribution in [3.63, 3.8) is 0 Å². The van der Waals surface area contributed by atoms with Crippen molar-refractivity contribution in [3.8, 4) is 11.5 Å². The number of amides is 1. The summed E-state index contributed by atoms with van der Waals surface area (Å²) in [7, 11) is 3.13. The zero-order chi connectivity index (χ0) is 21.1. The molecule has 2 heterocycles. The topological polar surface area (TPSA) is 84.8 Å². The molecule has 30 heavy (non-hydrogen) atoms. The Balaban J connectivity index is 1.71. The highest BCUT2D eigenvalue weighted by atomic mass is 16.5. The monoisotopic (exact) mass is 410 g/mol. The van der Waals surface area contributed by atoms with Crippen LogP contribution in [0.5, 0.6) is 11.5 Å². The summed E-state index contributed by atoms with van der Waals surface area (Å²) >= 11 is 0. The van der Waals surface area contributed by atoms with Gasteiger partial charge in [-0.25, -0.2) is 0 Å². The molecule has 0 radical (unpaired) electrons. The van der Waals surface area contributed by atoms with Crippen molar-refractivity contribution in [2.75, 3.05) is 14.2 Å². The Labute approximate surface area is 174 Å². The van der Waals surface area contributed by atoms with E-state index in [1.807, 2.05) is 12.1 Å². The number of aromatic amines is 1. The van der Waals surface area contributed by atoms with E-state index in [0.29, 0.717) is 28.3 Å². The largest absolute Gasteiger partial charge is 0.493 e.